The van der Waals surface area contributed by atoms with Crippen molar-refractivity contribution >= 4 is 0 Å². The van der Waals surface area contributed by atoms with Gasteiger partial charge in [0, 0.05) is 16.8 Å². The van der Waals surface area contributed by atoms with Crippen LogP contribution in [0.4, 0.5) is 0 Å². The summed E-state index contributed by atoms with van der Waals surface area (Å²) >= 11 is 0. The summed E-state index contributed by atoms with van der Waals surface area (Å²) in [7, 11) is 1.66. The molecule has 0 atom stereocenters. The number of methoxy groups -OCH3 is 1. The Morgan fingerprint density at radius 1 is 0.778 bits per heavy atom. The first-order valence-corrected chi connectivity index (χ1v) is 8.76. The van der Waals surface area contributed by atoms with Gasteiger partial charge in [-0.15, -0.1) is 0 Å². The predicted octanol–water partition coefficient (Wildman–Crippen LogP) is 4.62. The van der Waals surface area contributed by atoms with Crippen LogP contribution in [-0.4, -0.2) is 26.9 Å². The van der Waals surface area contributed by atoms with Crippen LogP contribution >= 0.6 is 0 Å². The third kappa shape index (κ3) is 3.44. The first kappa shape index (κ1) is 17.0. The molecule has 0 N–H and O–H groups in total. The van der Waals surface area contributed by atoms with Crippen LogP contribution in [0, 0.1) is 13.8 Å². The monoisotopic (exact) mass is 356 g/mol. The number of hydrogen-bond acceptors (Lipinski definition) is 4. The minimum Gasteiger partial charge on any atom is -0.497 e. The predicted molar refractivity (Wildman–Crippen MR) is 106 cm³/mol. The minimum atomic E-state index is 0.563. The fourth-order valence-electron chi connectivity index (χ4n) is 3.03. The van der Waals surface area contributed by atoms with E-state index in [1.807, 2.05) is 80.6 Å². The molecule has 2 aromatic carbocycles. The Morgan fingerprint density at radius 2 is 1.41 bits per heavy atom. The van der Waals surface area contributed by atoms with Crippen molar-refractivity contribution in [2.24, 2.45) is 0 Å². The first-order chi connectivity index (χ1) is 13.1. The van der Waals surface area contributed by atoms with Crippen molar-refractivity contribution in [3.8, 4) is 34.2 Å². The molecule has 0 unspecified atom stereocenters. The second-order valence-corrected chi connectivity index (χ2v) is 6.37. The number of ether oxygens (including phenoxy) is 1. The van der Waals surface area contributed by atoms with Crippen LogP contribution in [-0.2, 0) is 0 Å². The molecule has 4 aromatic rings. The smallest absolute Gasteiger partial charge is 0.251 e. The normalized spacial score (nSPS) is 10.8. The summed E-state index contributed by atoms with van der Waals surface area (Å²) < 4.78 is 7.05. The zero-order valence-corrected chi connectivity index (χ0v) is 15.5. The molecule has 0 fully saturated rings. The van der Waals surface area contributed by atoms with Gasteiger partial charge < -0.3 is 4.74 Å². The van der Waals surface area contributed by atoms with Crippen molar-refractivity contribution < 1.29 is 4.74 Å². The van der Waals surface area contributed by atoms with E-state index >= 15 is 0 Å². The van der Waals surface area contributed by atoms with E-state index in [0.717, 1.165) is 39.7 Å². The largest absolute Gasteiger partial charge is 0.497 e. The highest BCUT2D eigenvalue weighted by molar-refractivity contribution is 5.69. The quantitative estimate of drug-likeness (QED) is 0.535. The zero-order chi connectivity index (χ0) is 18.8. The van der Waals surface area contributed by atoms with E-state index in [1.165, 1.54) is 0 Å². The van der Waals surface area contributed by atoms with Gasteiger partial charge in [-0.3, -0.25) is 0 Å². The number of aryl methyl sites for hydroxylation is 2. The summed E-state index contributed by atoms with van der Waals surface area (Å²) in [6, 6.07) is 22.0. The molecule has 134 valence electrons. The van der Waals surface area contributed by atoms with Crippen molar-refractivity contribution in [1.82, 2.24) is 19.7 Å². The molecule has 0 amide bonds. The average molecular weight is 356 g/mol. The highest BCUT2D eigenvalue weighted by atomic mass is 16.5. The Hall–Kier alpha value is -3.47. The van der Waals surface area contributed by atoms with Gasteiger partial charge >= 0.3 is 0 Å². The number of aromatic nitrogens is 4. The Bertz CT molecular complexity index is 1070. The molecule has 2 heterocycles. The highest BCUT2D eigenvalue weighted by Gasteiger charge is 2.13. The molecule has 5 nitrogen and oxygen atoms in total. The SMILES string of the molecule is COc1ccc(-c2cc(-c3ccccc3)nc(-n3nc(C)cc3C)n2)cc1. The van der Waals surface area contributed by atoms with Gasteiger partial charge in [-0.05, 0) is 50.2 Å². The van der Waals surface area contributed by atoms with Crippen molar-refractivity contribution in [3.63, 3.8) is 0 Å². The Labute approximate surface area is 158 Å². The van der Waals surface area contributed by atoms with Crippen molar-refractivity contribution in [1.29, 1.82) is 0 Å². The lowest BCUT2D eigenvalue weighted by Crippen LogP contribution is -2.07. The fourth-order valence-corrected chi connectivity index (χ4v) is 3.03. The second-order valence-electron chi connectivity index (χ2n) is 6.37. The number of hydrogen-bond donors (Lipinski definition) is 0. The Balaban J connectivity index is 1.89. The first-order valence-electron chi connectivity index (χ1n) is 8.76. The molecule has 4 rings (SSSR count). The third-order valence-corrected chi connectivity index (χ3v) is 4.37. The molecular formula is C22H20N4O. The number of rotatable bonds is 4. The summed E-state index contributed by atoms with van der Waals surface area (Å²) in [6.07, 6.45) is 0. The fraction of sp³-hybridized carbons (Fsp3) is 0.136. The van der Waals surface area contributed by atoms with Crippen molar-refractivity contribution in [2.45, 2.75) is 13.8 Å². The zero-order valence-electron chi connectivity index (χ0n) is 15.5. The summed E-state index contributed by atoms with van der Waals surface area (Å²) in [5, 5.41) is 4.55. The van der Waals surface area contributed by atoms with Crippen LogP contribution in [0.15, 0.2) is 66.7 Å². The maximum atomic E-state index is 5.26. The van der Waals surface area contributed by atoms with Crippen LogP contribution in [0.25, 0.3) is 28.5 Å². The molecule has 0 bridgehead atoms. The molecule has 0 aliphatic heterocycles. The standard InChI is InChI=1S/C22H20N4O/c1-15-13-16(2)26(25-15)22-23-20(17-7-5-4-6-8-17)14-21(24-22)18-9-11-19(27-3)12-10-18/h4-14H,1-3H3. The molecule has 0 saturated carbocycles. The van der Waals surface area contributed by atoms with Crippen molar-refractivity contribution in [2.75, 3.05) is 7.11 Å². The summed E-state index contributed by atoms with van der Waals surface area (Å²) in [5.41, 5.74) is 5.68. The van der Waals surface area contributed by atoms with Gasteiger partial charge in [-0.2, -0.15) is 5.10 Å². The van der Waals surface area contributed by atoms with E-state index < -0.39 is 0 Å². The lowest BCUT2D eigenvalue weighted by atomic mass is 10.1. The lowest BCUT2D eigenvalue weighted by Gasteiger charge is -2.10. The van der Waals surface area contributed by atoms with Crippen LogP contribution in [0.5, 0.6) is 5.75 Å². The van der Waals surface area contributed by atoms with Gasteiger partial charge in [-0.1, -0.05) is 30.3 Å². The number of nitrogens with zero attached hydrogens (tertiary/aromatic N) is 4. The van der Waals surface area contributed by atoms with E-state index in [9.17, 15) is 0 Å². The van der Waals surface area contributed by atoms with E-state index in [-0.39, 0.29) is 0 Å². The molecule has 5 heteroatoms. The van der Waals surface area contributed by atoms with Gasteiger partial charge in [-0.25, -0.2) is 14.6 Å². The summed E-state index contributed by atoms with van der Waals surface area (Å²) in [6.45, 7) is 3.97. The van der Waals surface area contributed by atoms with Gasteiger partial charge in [0.25, 0.3) is 5.95 Å². The van der Waals surface area contributed by atoms with Gasteiger partial charge in [0.1, 0.15) is 5.75 Å². The Morgan fingerprint density at radius 3 is 1.96 bits per heavy atom. The molecule has 0 spiro atoms. The van der Waals surface area contributed by atoms with E-state index in [2.05, 4.69) is 5.10 Å². The van der Waals surface area contributed by atoms with Crippen LogP contribution in [0.3, 0.4) is 0 Å². The van der Waals surface area contributed by atoms with E-state index in [4.69, 9.17) is 14.7 Å². The average Bonchev–Trinajstić information content (AvgIpc) is 3.06. The van der Waals surface area contributed by atoms with Gasteiger partial charge in [0.05, 0.1) is 24.2 Å². The molecule has 0 saturated heterocycles. The molecular weight excluding hydrogens is 336 g/mol. The van der Waals surface area contributed by atoms with Crippen LogP contribution in [0.1, 0.15) is 11.4 Å². The maximum Gasteiger partial charge on any atom is 0.251 e. The van der Waals surface area contributed by atoms with E-state index in [0.29, 0.717) is 5.95 Å². The van der Waals surface area contributed by atoms with E-state index in [1.54, 1.807) is 11.8 Å². The highest BCUT2D eigenvalue weighted by Crippen LogP contribution is 2.26. The summed E-state index contributed by atoms with van der Waals surface area (Å²) in [4.78, 5) is 9.55. The van der Waals surface area contributed by atoms with Crippen LogP contribution < -0.4 is 4.74 Å². The molecule has 27 heavy (non-hydrogen) atoms. The van der Waals surface area contributed by atoms with Crippen molar-refractivity contribution in [3.05, 3.63) is 78.1 Å². The number of benzene rings is 2. The maximum absolute atomic E-state index is 5.26. The molecule has 0 aliphatic rings. The Kier molecular flexibility index (Phi) is 4.42. The molecule has 2 aromatic heterocycles. The topological polar surface area (TPSA) is 52.8 Å². The van der Waals surface area contributed by atoms with Crippen LogP contribution in [0.2, 0.25) is 0 Å². The molecule has 0 radical (unpaired) electrons. The second kappa shape index (κ2) is 7.03. The lowest BCUT2D eigenvalue weighted by molar-refractivity contribution is 0.415. The van der Waals surface area contributed by atoms with Gasteiger partial charge in [0.2, 0.25) is 0 Å². The summed E-state index contributed by atoms with van der Waals surface area (Å²) in [5.74, 6) is 1.38. The minimum absolute atomic E-state index is 0.563. The molecule has 0 aliphatic carbocycles. The third-order valence-electron chi connectivity index (χ3n) is 4.37. The van der Waals surface area contributed by atoms with Gasteiger partial charge in [0.15, 0.2) is 0 Å².